The van der Waals surface area contributed by atoms with Crippen LogP contribution in [0, 0.1) is 5.92 Å². The van der Waals surface area contributed by atoms with Crippen LogP contribution in [-0.2, 0) is 4.79 Å². The quantitative estimate of drug-likeness (QED) is 0.314. The van der Waals surface area contributed by atoms with Crippen molar-refractivity contribution >= 4 is 5.91 Å². The van der Waals surface area contributed by atoms with Gasteiger partial charge in [-0.3, -0.25) is 15.0 Å². The molecule has 4 heterocycles. The van der Waals surface area contributed by atoms with Crippen molar-refractivity contribution in [3.8, 4) is 0 Å². The van der Waals surface area contributed by atoms with Crippen LogP contribution in [0.15, 0.2) is 0 Å². The molecule has 26 heavy (non-hydrogen) atoms. The van der Waals surface area contributed by atoms with Crippen LogP contribution in [0.4, 0.5) is 4.39 Å². The number of nitrogens with one attached hydrogen (secondary N) is 5. The summed E-state index contributed by atoms with van der Waals surface area (Å²) in [6.07, 6.45) is -0.406. The monoisotopic (exact) mass is 370 g/mol. The molecule has 1 amide bonds. The summed E-state index contributed by atoms with van der Waals surface area (Å²) in [5, 5.41) is 14.9. The summed E-state index contributed by atoms with van der Waals surface area (Å²) in [5.41, 5.74) is 9.20. The van der Waals surface area contributed by atoms with Gasteiger partial charge in [-0.25, -0.2) is 14.8 Å². The van der Waals surface area contributed by atoms with Gasteiger partial charge in [0.05, 0.1) is 30.5 Å². The first-order valence-corrected chi connectivity index (χ1v) is 9.70. The molecule has 9 nitrogen and oxygen atoms in total. The molecule has 7 N–H and O–H groups in total. The topological polar surface area (TPSA) is 110 Å². The van der Waals surface area contributed by atoms with Gasteiger partial charge in [-0.2, -0.15) is 0 Å². The van der Waals surface area contributed by atoms with Crippen molar-refractivity contribution < 1.29 is 9.18 Å². The number of carbonyl (C=O) groups is 1. The summed E-state index contributed by atoms with van der Waals surface area (Å²) in [7, 11) is 0. The number of nitrogens with zero attached hydrogens (tertiary/aromatic N) is 2. The van der Waals surface area contributed by atoms with Crippen LogP contribution < -0.4 is 32.4 Å². The number of rotatable bonds is 3. The third kappa shape index (κ3) is 3.47. The van der Waals surface area contributed by atoms with Gasteiger partial charge in [-0.15, -0.1) is 0 Å². The molecule has 0 aliphatic carbocycles. The van der Waals surface area contributed by atoms with Crippen LogP contribution in [0.25, 0.3) is 0 Å². The number of nitrogens with two attached hydrogens (primary N) is 1. The molecule has 4 fully saturated rings. The molecule has 0 aromatic carbocycles. The number of amides is 1. The highest BCUT2D eigenvalue weighted by molar-refractivity contribution is 5.81. The minimum atomic E-state index is -0.955. The lowest BCUT2D eigenvalue weighted by atomic mass is 9.96. The van der Waals surface area contributed by atoms with E-state index in [1.54, 1.807) is 5.01 Å². The van der Waals surface area contributed by atoms with E-state index in [0.29, 0.717) is 12.2 Å². The van der Waals surface area contributed by atoms with E-state index >= 15 is 0 Å². The number of alkyl halides is 1. The maximum absolute atomic E-state index is 13.6. The normalized spacial score (nSPS) is 44.8. The third-order valence-electron chi connectivity index (χ3n) is 6.13. The van der Waals surface area contributed by atoms with Crippen molar-refractivity contribution in [1.82, 2.24) is 36.6 Å². The zero-order chi connectivity index (χ0) is 18.3. The minimum absolute atomic E-state index is 0.0392. The van der Waals surface area contributed by atoms with E-state index in [4.69, 9.17) is 5.73 Å². The van der Waals surface area contributed by atoms with E-state index in [1.165, 1.54) is 0 Å². The number of fused-ring (bicyclic) bond motifs is 1. The van der Waals surface area contributed by atoms with Gasteiger partial charge >= 0.3 is 0 Å². The van der Waals surface area contributed by atoms with E-state index in [2.05, 4.69) is 38.5 Å². The number of hydrogen-bond acceptors (Lipinski definition) is 8. The second-order valence-corrected chi connectivity index (χ2v) is 7.83. The van der Waals surface area contributed by atoms with E-state index in [0.717, 1.165) is 32.6 Å². The van der Waals surface area contributed by atoms with Crippen molar-refractivity contribution in [2.24, 2.45) is 11.7 Å². The molecule has 4 rings (SSSR count). The molecule has 0 spiro atoms. The summed E-state index contributed by atoms with van der Waals surface area (Å²) in [4.78, 5) is 15.5. The predicted octanol–water partition coefficient (Wildman–Crippen LogP) is -2.93. The second kappa shape index (κ2) is 7.63. The Hall–Kier alpha value is -0.880. The standard InChI is InChI=1S/C16H31FN8O/c1-9-20-4-5-24(9)12-2-3-19-7-11(12)22-16(26)13-14(18)23-25-8-10(17)6-21-15(13)25/h9-15,19-21,23H,2-8,18H2,1H3,(H,22,26). The number of hydrazine groups is 1. The van der Waals surface area contributed by atoms with Gasteiger partial charge in [-0.05, 0) is 19.9 Å². The van der Waals surface area contributed by atoms with E-state index in [9.17, 15) is 9.18 Å². The van der Waals surface area contributed by atoms with Crippen molar-refractivity contribution in [1.29, 1.82) is 0 Å². The number of carbonyl (C=O) groups excluding carboxylic acids is 1. The lowest BCUT2D eigenvalue weighted by Crippen LogP contribution is -2.63. The molecule has 148 valence electrons. The Bertz CT molecular complexity index is 524. The average molecular weight is 370 g/mol. The maximum atomic E-state index is 13.6. The van der Waals surface area contributed by atoms with Gasteiger partial charge in [0, 0.05) is 38.8 Å². The molecule has 7 unspecified atom stereocenters. The number of piperidine rings is 1. The number of halogens is 1. The molecule has 0 aromatic rings. The van der Waals surface area contributed by atoms with Gasteiger partial charge in [-0.1, -0.05) is 0 Å². The van der Waals surface area contributed by atoms with Crippen LogP contribution in [-0.4, -0.2) is 91.8 Å². The van der Waals surface area contributed by atoms with Gasteiger partial charge in [0.2, 0.25) is 5.91 Å². The molecule has 0 saturated carbocycles. The minimum Gasteiger partial charge on any atom is -0.350 e. The molecule has 0 aromatic heterocycles. The summed E-state index contributed by atoms with van der Waals surface area (Å²) in [6, 6.07) is 0.346. The van der Waals surface area contributed by atoms with Gasteiger partial charge in [0.1, 0.15) is 6.17 Å². The zero-order valence-corrected chi connectivity index (χ0v) is 15.2. The van der Waals surface area contributed by atoms with Crippen LogP contribution >= 0.6 is 0 Å². The Kier molecular flexibility index (Phi) is 5.42. The zero-order valence-electron chi connectivity index (χ0n) is 15.2. The molecular weight excluding hydrogens is 339 g/mol. The molecule has 7 atom stereocenters. The fourth-order valence-corrected chi connectivity index (χ4v) is 4.81. The molecular formula is C16H31FN8O. The first kappa shape index (κ1) is 18.5. The van der Waals surface area contributed by atoms with Crippen LogP contribution in [0.1, 0.15) is 13.3 Å². The Morgan fingerprint density at radius 3 is 2.88 bits per heavy atom. The van der Waals surface area contributed by atoms with Crippen molar-refractivity contribution in [3.05, 3.63) is 0 Å². The van der Waals surface area contributed by atoms with Gasteiger partial charge < -0.3 is 21.7 Å². The highest BCUT2D eigenvalue weighted by Gasteiger charge is 2.48. The average Bonchev–Trinajstić information content (AvgIpc) is 3.17. The highest BCUT2D eigenvalue weighted by Crippen LogP contribution is 2.23. The molecule has 4 aliphatic heterocycles. The van der Waals surface area contributed by atoms with E-state index in [1.807, 2.05) is 0 Å². The Morgan fingerprint density at radius 1 is 1.27 bits per heavy atom. The van der Waals surface area contributed by atoms with Crippen molar-refractivity contribution in [2.45, 2.75) is 50.1 Å². The van der Waals surface area contributed by atoms with Crippen molar-refractivity contribution in [3.63, 3.8) is 0 Å². The highest BCUT2D eigenvalue weighted by atomic mass is 19.1. The molecule has 0 radical (unpaired) electrons. The van der Waals surface area contributed by atoms with E-state index in [-0.39, 0.29) is 31.2 Å². The molecule has 0 bridgehead atoms. The lowest BCUT2D eigenvalue weighted by molar-refractivity contribution is -0.128. The fourth-order valence-electron chi connectivity index (χ4n) is 4.81. The summed E-state index contributed by atoms with van der Waals surface area (Å²) in [6.45, 7) is 6.36. The largest absolute Gasteiger partial charge is 0.350 e. The first-order valence-electron chi connectivity index (χ1n) is 9.70. The van der Waals surface area contributed by atoms with Crippen molar-refractivity contribution in [2.75, 3.05) is 39.3 Å². The Balaban J connectivity index is 1.42. The fraction of sp³-hybridized carbons (Fsp3) is 0.938. The second-order valence-electron chi connectivity index (χ2n) is 7.83. The summed E-state index contributed by atoms with van der Waals surface area (Å²) in [5.74, 6) is -0.514. The molecule has 4 aliphatic rings. The summed E-state index contributed by atoms with van der Waals surface area (Å²) >= 11 is 0. The lowest BCUT2D eigenvalue weighted by Gasteiger charge is -2.41. The Morgan fingerprint density at radius 2 is 2.12 bits per heavy atom. The van der Waals surface area contributed by atoms with Gasteiger partial charge in [0.15, 0.2) is 0 Å². The first-order chi connectivity index (χ1) is 12.5. The van der Waals surface area contributed by atoms with Crippen LogP contribution in [0.3, 0.4) is 0 Å². The maximum Gasteiger partial charge on any atom is 0.229 e. The molecule has 4 saturated heterocycles. The Labute approximate surface area is 153 Å². The molecule has 10 heteroatoms. The van der Waals surface area contributed by atoms with Crippen LogP contribution in [0.2, 0.25) is 0 Å². The SMILES string of the molecule is CC1NCCN1C1CCNCC1NC(=O)C1C(N)NN2CC(F)CNC12. The van der Waals surface area contributed by atoms with Crippen LogP contribution in [0.5, 0.6) is 0 Å². The van der Waals surface area contributed by atoms with E-state index < -0.39 is 18.3 Å². The summed E-state index contributed by atoms with van der Waals surface area (Å²) < 4.78 is 13.6. The van der Waals surface area contributed by atoms with Gasteiger partial charge in [0.25, 0.3) is 0 Å². The smallest absolute Gasteiger partial charge is 0.229 e. The predicted molar refractivity (Wildman–Crippen MR) is 95.4 cm³/mol. The third-order valence-corrected chi connectivity index (χ3v) is 6.13. The number of hydrogen-bond donors (Lipinski definition) is 6.